The highest BCUT2D eigenvalue weighted by Crippen LogP contribution is 2.23. The van der Waals surface area contributed by atoms with E-state index in [9.17, 15) is 31.6 Å². The van der Waals surface area contributed by atoms with Gasteiger partial charge in [-0.05, 0) is 49.4 Å². The SMILES string of the molecule is CNc1ccc2c(=O)n(-c3c(F)cc(NC(=O)NS(=O)(=O)c4ccc(C)s4)cc3F)c(=O)[nH]c2c1. The predicted octanol–water partition coefficient (Wildman–Crippen LogP) is 2.88. The third-order valence-corrected chi connectivity index (χ3v) is 7.72. The molecule has 4 rings (SSSR count). The van der Waals surface area contributed by atoms with Crippen LogP contribution in [0.5, 0.6) is 0 Å². The number of fused-ring (bicyclic) bond motifs is 1. The van der Waals surface area contributed by atoms with Crippen LogP contribution in [0, 0.1) is 18.6 Å². The van der Waals surface area contributed by atoms with Crippen molar-refractivity contribution in [3.05, 3.63) is 79.8 Å². The van der Waals surface area contributed by atoms with Gasteiger partial charge in [-0.15, -0.1) is 11.3 Å². The van der Waals surface area contributed by atoms with E-state index in [2.05, 4.69) is 10.3 Å². The molecule has 0 radical (unpaired) electrons. The van der Waals surface area contributed by atoms with E-state index in [-0.39, 0.29) is 15.1 Å². The van der Waals surface area contributed by atoms with Gasteiger partial charge < -0.3 is 15.6 Å². The number of amides is 2. The highest BCUT2D eigenvalue weighted by atomic mass is 32.2. The van der Waals surface area contributed by atoms with Crippen molar-refractivity contribution in [2.45, 2.75) is 11.1 Å². The summed E-state index contributed by atoms with van der Waals surface area (Å²) in [5.41, 5.74) is -2.66. The van der Waals surface area contributed by atoms with Crippen LogP contribution in [0.25, 0.3) is 16.6 Å². The number of anilines is 2. The van der Waals surface area contributed by atoms with Crippen molar-refractivity contribution in [3.63, 3.8) is 0 Å². The van der Waals surface area contributed by atoms with E-state index >= 15 is 0 Å². The Morgan fingerprint density at radius 1 is 1.03 bits per heavy atom. The van der Waals surface area contributed by atoms with E-state index in [1.807, 2.05) is 5.32 Å². The van der Waals surface area contributed by atoms with Gasteiger partial charge in [0.1, 0.15) is 9.90 Å². The van der Waals surface area contributed by atoms with Crippen LogP contribution < -0.4 is 26.6 Å². The number of aromatic nitrogens is 2. The number of nitrogens with one attached hydrogen (secondary N) is 4. The number of benzene rings is 2. The molecule has 0 aliphatic rings. The summed E-state index contributed by atoms with van der Waals surface area (Å²) in [6, 6.07) is 7.34. The molecule has 2 aromatic heterocycles. The maximum Gasteiger partial charge on any atom is 0.333 e. The first kappa shape index (κ1) is 24.1. The van der Waals surface area contributed by atoms with Crippen molar-refractivity contribution in [1.82, 2.24) is 14.3 Å². The van der Waals surface area contributed by atoms with Gasteiger partial charge in [0.05, 0.1) is 10.9 Å². The monoisotopic (exact) mass is 521 g/mol. The Balaban J connectivity index is 1.67. The van der Waals surface area contributed by atoms with Gasteiger partial charge in [0, 0.05) is 23.3 Å². The number of aryl methyl sites for hydroxylation is 1. The molecule has 2 heterocycles. The van der Waals surface area contributed by atoms with Crippen LogP contribution in [0.2, 0.25) is 0 Å². The number of carbonyl (C=O) groups excluding carboxylic acids is 1. The van der Waals surface area contributed by atoms with Crippen LogP contribution in [0.15, 0.2) is 56.3 Å². The fourth-order valence-electron chi connectivity index (χ4n) is 3.31. The Kier molecular flexibility index (Phi) is 6.17. The van der Waals surface area contributed by atoms with Gasteiger partial charge in [0.15, 0.2) is 11.6 Å². The molecule has 2 amide bonds. The fourth-order valence-corrected chi connectivity index (χ4v) is 5.50. The molecule has 0 spiro atoms. The molecular formula is C21H17F2N5O5S2. The Hall–Kier alpha value is -4.04. The molecule has 0 aliphatic carbocycles. The number of halogens is 2. The number of aromatic amines is 1. The smallest absolute Gasteiger partial charge is 0.333 e. The van der Waals surface area contributed by atoms with Gasteiger partial charge in [-0.2, -0.15) is 0 Å². The average Bonchev–Trinajstić information content (AvgIpc) is 3.22. The number of sulfonamides is 1. The van der Waals surface area contributed by atoms with Crippen molar-refractivity contribution >= 4 is 49.7 Å². The zero-order valence-electron chi connectivity index (χ0n) is 18.1. The molecule has 0 saturated carbocycles. The molecule has 0 atom stereocenters. The van der Waals surface area contributed by atoms with Gasteiger partial charge in [0.2, 0.25) is 0 Å². The van der Waals surface area contributed by atoms with Crippen LogP contribution in [0.3, 0.4) is 0 Å². The topological polar surface area (TPSA) is 142 Å². The molecule has 0 unspecified atom stereocenters. The van der Waals surface area contributed by atoms with E-state index < -0.39 is 50.3 Å². The lowest BCUT2D eigenvalue weighted by atomic mass is 10.2. The van der Waals surface area contributed by atoms with Crippen molar-refractivity contribution in [1.29, 1.82) is 0 Å². The number of urea groups is 1. The highest BCUT2D eigenvalue weighted by Gasteiger charge is 2.22. The minimum Gasteiger partial charge on any atom is -0.388 e. The zero-order chi connectivity index (χ0) is 25.5. The third kappa shape index (κ3) is 4.65. The Morgan fingerprint density at radius 3 is 2.31 bits per heavy atom. The summed E-state index contributed by atoms with van der Waals surface area (Å²) < 4.78 is 56.2. The van der Waals surface area contributed by atoms with Crippen molar-refractivity contribution < 1.29 is 22.0 Å². The van der Waals surface area contributed by atoms with Crippen molar-refractivity contribution in [2.24, 2.45) is 0 Å². The fraction of sp³-hybridized carbons (Fsp3) is 0.0952. The van der Waals surface area contributed by atoms with E-state index in [4.69, 9.17) is 0 Å². The molecule has 4 N–H and O–H groups in total. The zero-order valence-corrected chi connectivity index (χ0v) is 19.7. The van der Waals surface area contributed by atoms with Crippen LogP contribution in [-0.4, -0.2) is 31.0 Å². The molecule has 4 aromatic rings. The maximum atomic E-state index is 14.9. The van der Waals surface area contributed by atoms with Gasteiger partial charge in [0.25, 0.3) is 15.6 Å². The molecule has 2 aromatic carbocycles. The van der Waals surface area contributed by atoms with Gasteiger partial charge >= 0.3 is 11.7 Å². The highest BCUT2D eigenvalue weighted by molar-refractivity contribution is 7.92. The van der Waals surface area contributed by atoms with Gasteiger partial charge in [-0.3, -0.25) is 4.79 Å². The minimum atomic E-state index is -4.19. The Bertz CT molecular complexity index is 1690. The summed E-state index contributed by atoms with van der Waals surface area (Å²) >= 11 is 0.934. The second-order valence-electron chi connectivity index (χ2n) is 7.29. The van der Waals surface area contributed by atoms with Gasteiger partial charge in [-0.1, -0.05) is 0 Å². The summed E-state index contributed by atoms with van der Waals surface area (Å²) in [4.78, 5) is 40.6. The quantitative estimate of drug-likeness (QED) is 0.318. The summed E-state index contributed by atoms with van der Waals surface area (Å²) in [6.07, 6.45) is 0. The number of carbonyl (C=O) groups is 1. The molecule has 10 nitrogen and oxygen atoms in total. The first-order chi connectivity index (χ1) is 16.5. The summed E-state index contributed by atoms with van der Waals surface area (Å²) in [5, 5.41) is 4.87. The second kappa shape index (κ2) is 8.96. The normalized spacial score (nSPS) is 11.4. The molecule has 35 heavy (non-hydrogen) atoms. The number of rotatable bonds is 5. The van der Waals surface area contributed by atoms with Crippen LogP contribution in [-0.2, 0) is 10.0 Å². The molecular weight excluding hydrogens is 504 g/mol. The summed E-state index contributed by atoms with van der Waals surface area (Å²) in [6.45, 7) is 1.68. The lowest BCUT2D eigenvalue weighted by Gasteiger charge is -2.12. The number of nitrogens with zero attached hydrogens (tertiary/aromatic N) is 1. The summed E-state index contributed by atoms with van der Waals surface area (Å²) in [5.74, 6) is -2.67. The Morgan fingerprint density at radius 2 is 1.71 bits per heavy atom. The minimum absolute atomic E-state index is 0.0120. The van der Waals surface area contributed by atoms with E-state index in [0.29, 0.717) is 27.3 Å². The van der Waals surface area contributed by atoms with Crippen molar-refractivity contribution in [3.8, 4) is 5.69 Å². The van der Waals surface area contributed by atoms with E-state index in [1.165, 1.54) is 18.2 Å². The Labute approximate surface area is 200 Å². The number of hydrogen-bond donors (Lipinski definition) is 4. The van der Waals surface area contributed by atoms with Gasteiger partial charge in [-0.25, -0.2) is 36.1 Å². The lowest BCUT2D eigenvalue weighted by Crippen LogP contribution is -2.35. The average molecular weight is 522 g/mol. The molecule has 14 heteroatoms. The summed E-state index contributed by atoms with van der Waals surface area (Å²) in [7, 11) is -2.56. The molecule has 0 bridgehead atoms. The first-order valence-corrected chi connectivity index (χ1v) is 12.2. The van der Waals surface area contributed by atoms with Crippen LogP contribution in [0.1, 0.15) is 4.88 Å². The molecule has 182 valence electrons. The third-order valence-electron chi connectivity index (χ3n) is 4.89. The lowest BCUT2D eigenvalue weighted by molar-refractivity contribution is 0.256. The largest absolute Gasteiger partial charge is 0.388 e. The standard InChI is InChI=1S/C21H17F2N5O5S2/c1-10-3-6-17(34-10)35(32,33)27-20(30)25-12-7-14(22)18(15(23)8-12)28-19(29)13-5-4-11(24-2)9-16(13)26-21(28)31/h3-9,24H,1-2H3,(H,26,31)(H2,25,27,30). The maximum absolute atomic E-state index is 14.9. The van der Waals surface area contributed by atoms with E-state index in [0.717, 1.165) is 11.3 Å². The number of H-pyrrole nitrogens is 1. The molecule has 0 saturated heterocycles. The van der Waals surface area contributed by atoms with Crippen LogP contribution >= 0.6 is 11.3 Å². The number of thiophene rings is 1. The first-order valence-electron chi connectivity index (χ1n) is 9.86. The predicted molar refractivity (Wildman–Crippen MR) is 128 cm³/mol. The van der Waals surface area contributed by atoms with E-state index in [1.54, 1.807) is 30.8 Å². The second-order valence-corrected chi connectivity index (χ2v) is 10.5. The molecule has 0 fully saturated rings. The molecule has 0 aliphatic heterocycles. The van der Waals surface area contributed by atoms with Crippen LogP contribution in [0.4, 0.5) is 25.0 Å². The van der Waals surface area contributed by atoms with Crippen molar-refractivity contribution in [2.75, 3.05) is 17.7 Å². The number of hydrogen-bond acceptors (Lipinski definition) is 7.